The Labute approximate surface area is 204 Å². The lowest BCUT2D eigenvalue weighted by molar-refractivity contribution is -0.118. The van der Waals surface area contributed by atoms with Crippen molar-refractivity contribution < 1.29 is 4.79 Å². The van der Waals surface area contributed by atoms with Crippen LogP contribution in [0.25, 0.3) is 10.9 Å². The van der Waals surface area contributed by atoms with E-state index in [1.807, 2.05) is 6.20 Å². The molecule has 34 heavy (non-hydrogen) atoms. The Morgan fingerprint density at radius 3 is 2.68 bits per heavy atom. The van der Waals surface area contributed by atoms with Gasteiger partial charge in [0.2, 0.25) is 5.91 Å². The van der Waals surface area contributed by atoms with E-state index in [9.17, 15) is 4.79 Å². The summed E-state index contributed by atoms with van der Waals surface area (Å²) < 4.78 is 0. The van der Waals surface area contributed by atoms with Gasteiger partial charge in [-0.2, -0.15) is 11.3 Å². The number of nitrogens with zero attached hydrogens (tertiary/aromatic N) is 3. The molecule has 1 fully saturated rings. The molecule has 5 nitrogen and oxygen atoms in total. The van der Waals surface area contributed by atoms with Gasteiger partial charge in [0.1, 0.15) is 0 Å². The number of amides is 1. The number of H-pyrrole nitrogens is 1. The molecule has 0 spiro atoms. The molecule has 1 atom stereocenters. The highest BCUT2D eigenvalue weighted by Crippen LogP contribution is 2.32. The second kappa shape index (κ2) is 9.28. The Kier molecular flexibility index (Phi) is 5.85. The first-order valence-electron chi connectivity index (χ1n) is 12.2. The molecule has 2 aromatic heterocycles. The molecule has 4 aromatic rings. The molecule has 0 saturated carbocycles. The first-order valence-corrected chi connectivity index (χ1v) is 13.1. The molecular formula is C28H30N4OS. The molecular weight excluding hydrogens is 440 g/mol. The number of fused-ring (bicyclic) bond motifs is 2. The number of aromatic amines is 1. The van der Waals surface area contributed by atoms with E-state index in [0.29, 0.717) is 6.42 Å². The van der Waals surface area contributed by atoms with Gasteiger partial charge in [-0.3, -0.25) is 9.69 Å². The first kappa shape index (κ1) is 21.4. The summed E-state index contributed by atoms with van der Waals surface area (Å²) in [6.45, 7) is 5.00. The summed E-state index contributed by atoms with van der Waals surface area (Å²) in [6, 6.07) is 19.4. The highest BCUT2D eigenvalue weighted by atomic mass is 32.1. The highest BCUT2D eigenvalue weighted by molar-refractivity contribution is 7.08. The maximum Gasteiger partial charge on any atom is 0.231 e. The number of nitrogens with one attached hydrogen (secondary N) is 1. The van der Waals surface area contributed by atoms with Gasteiger partial charge in [-0.1, -0.05) is 24.3 Å². The van der Waals surface area contributed by atoms with Gasteiger partial charge < -0.3 is 14.8 Å². The molecule has 2 aliphatic rings. The van der Waals surface area contributed by atoms with Crippen molar-refractivity contribution in [3.63, 3.8) is 0 Å². The van der Waals surface area contributed by atoms with Crippen molar-refractivity contribution in [3.8, 4) is 0 Å². The Morgan fingerprint density at radius 1 is 0.971 bits per heavy atom. The van der Waals surface area contributed by atoms with Crippen molar-refractivity contribution in [1.29, 1.82) is 0 Å². The van der Waals surface area contributed by atoms with Crippen LogP contribution >= 0.6 is 11.3 Å². The summed E-state index contributed by atoms with van der Waals surface area (Å²) in [7, 11) is 0. The summed E-state index contributed by atoms with van der Waals surface area (Å²) in [4.78, 5) is 24.0. The monoisotopic (exact) mass is 470 g/mol. The minimum atomic E-state index is 0.216. The van der Waals surface area contributed by atoms with Gasteiger partial charge in [-0.05, 0) is 65.1 Å². The number of piperazine rings is 1. The van der Waals surface area contributed by atoms with Crippen molar-refractivity contribution in [1.82, 2.24) is 9.88 Å². The van der Waals surface area contributed by atoms with E-state index in [1.165, 1.54) is 22.2 Å². The number of hydrogen-bond acceptors (Lipinski definition) is 4. The number of aryl methyl sites for hydroxylation is 1. The fourth-order valence-electron chi connectivity index (χ4n) is 5.58. The van der Waals surface area contributed by atoms with Crippen LogP contribution in [0, 0.1) is 0 Å². The second-order valence-corrected chi connectivity index (χ2v) is 10.2. The minimum absolute atomic E-state index is 0.216. The topological polar surface area (TPSA) is 42.6 Å². The Hall–Kier alpha value is -3.09. The molecule has 0 bridgehead atoms. The number of carbonyl (C=O) groups is 1. The maximum atomic E-state index is 13.5. The average molecular weight is 471 g/mol. The third kappa shape index (κ3) is 4.12. The van der Waals surface area contributed by atoms with Crippen molar-refractivity contribution in [2.75, 3.05) is 42.5 Å². The molecule has 1 saturated heterocycles. The molecule has 0 aliphatic carbocycles. The zero-order valence-corrected chi connectivity index (χ0v) is 20.1. The van der Waals surface area contributed by atoms with Crippen LogP contribution in [0.3, 0.4) is 0 Å². The van der Waals surface area contributed by atoms with Gasteiger partial charge in [-0.25, -0.2) is 0 Å². The van der Waals surface area contributed by atoms with Gasteiger partial charge in [0, 0.05) is 67.2 Å². The van der Waals surface area contributed by atoms with Gasteiger partial charge in [0.25, 0.3) is 0 Å². The normalized spacial score (nSPS) is 18.9. The van der Waals surface area contributed by atoms with Crippen LogP contribution in [0.1, 0.15) is 17.5 Å². The van der Waals surface area contributed by atoms with Crippen LogP contribution in [0.4, 0.5) is 11.4 Å². The first-order chi connectivity index (χ1) is 16.8. The molecule has 6 rings (SSSR count). The van der Waals surface area contributed by atoms with Crippen LogP contribution in [0.15, 0.2) is 71.6 Å². The van der Waals surface area contributed by atoms with E-state index < -0.39 is 0 Å². The van der Waals surface area contributed by atoms with Gasteiger partial charge >= 0.3 is 0 Å². The molecule has 6 heteroatoms. The summed E-state index contributed by atoms with van der Waals surface area (Å²) in [5.41, 5.74) is 6.03. The zero-order valence-electron chi connectivity index (χ0n) is 19.3. The van der Waals surface area contributed by atoms with Crippen LogP contribution < -0.4 is 9.80 Å². The van der Waals surface area contributed by atoms with E-state index in [2.05, 4.69) is 85.0 Å². The largest absolute Gasteiger partial charge is 0.368 e. The quantitative estimate of drug-likeness (QED) is 0.449. The summed E-state index contributed by atoms with van der Waals surface area (Å²) >= 11 is 1.66. The van der Waals surface area contributed by atoms with Crippen molar-refractivity contribution in [2.45, 2.75) is 25.3 Å². The SMILES string of the molecule is O=C(Cc1ccsc1)N1c2ccccc2CCC1CN1CCN(c2cccc3[nH]ccc23)CC1. The Bertz CT molecular complexity index is 1270. The molecule has 0 radical (unpaired) electrons. The molecule has 1 unspecified atom stereocenters. The third-order valence-electron chi connectivity index (χ3n) is 7.32. The fraction of sp³-hybridized carbons (Fsp3) is 0.321. The van der Waals surface area contributed by atoms with Crippen LogP contribution in [-0.2, 0) is 17.6 Å². The summed E-state index contributed by atoms with van der Waals surface area (Å²) in [5.74, 6) is 0.216. The van der Waals surface area contributed by atoms with Crippen LogP contribution in [0.2, 0.25) is 0 Å². The van der Waals surface area contributed by atoms with E-state index in [1.54, 1.807) is 11.3 Å². The number of carbonyl (C=O) groups excluding carboxylic acids is 1. The number of thiophene rings is 1. The number of hydrogen-bond donors (Lipinski definition) is 1. The predicted octanol–water partition coefficient (Wildman–Crippen LogP) is 4.94. The van der Waals surface area contributed by atoms with Crippen LogP contribution in [-0.4, -0.2) is 54.6 Å². The van der Waals surface area contributed by atoms with Gasteiger partial charge in [-0.15, -0.1) is 0 Å². The standard InChI is InChI=1S/C28H30N4OS/c33-28(18-21-11-17-34-20-21)32-23(9-8-22-4-1-2-6-26(22)32)19-30-13-15-31(16-14-30)27-7-3-5-25-24(27)10-12-29-25/h1-7,10-12,17,20,23,29H,8-9,13-16,18-19H2. The predicted molar refractivity (Wildman–Crippen MR) is 141 cm³/mol. The average Bonchev–Trinajstić information content (AvgIpc) is 3.56. The summed E-state index contributed by atoms with van der Waals surface area (Å²) in [6.07, 6.45) is 4.56. The Morgan fingerprint density at radius 2 is 1.82 bits per heavy atom. The molecule has 4 heterocycles. The summed E-state index contributed by atoms with van der Waals surface area (Å²) in [5, 5.41) is 5.44. The van der Waals surface area contributed by atoms with Crippen molar-refractivity contribution in [2.24, 2.45) is 0 Å². The van der Waals surface area contributed by atoms with Gasteiger partial charge in [0.05, 0.1) is 6.42 Å². The Balaban J connectivity index is 1.17. The maximum absolute atomic E-state index is 13.5. The van der Waals surface area contributed by atoms with Crippen LogP contribution in [0.5, 0.6) is 0 Å². The minimum Gasteiger partial charge on any atom is -0.368 e. The number of benzene rings is 2. The number of rotatable bonds is 5. The fourth-order valence-corrected chi connectivity index (χ4v) is 6.25. The molecule has 1 N–H and O–H groups in total. The number of anilines is 2. The lowest BCUT2D eigenvalue weighted by Crippen LogP contribution is -2.54. The molecule has 2 aromatic carbocycles. The number of para-hydroxylation sites is 1. The van der Waals surface area contributed by atoms with E-state index in [4.69, 9.17) is 0 Å². The smallest absolute Gasteiger partial charge is 0.231 e. The van der Waals surface area contributed by atoms with E-state index in [0.717, 1.165) is 56.8 Å². The lowest BCUT2D eigenvalue weighted by atomic mass is 9.94. The zero-order chi connectivity index (χ0) is 22.9. The number of aromatic nitrogens is 1. The molecule has 2 aliphatic heterocycles. The second-order valence-electron chi connectivity index (χ2n) is 9.40. The lowest BCUT2D eigenvalue weighted by Gasteiger charge is -2.42. The van der Waals surface area contributed by atoms with E-state index in [-0.39, 0.29) is 11.9 Å². The molecule has 174 valence electrons. The van der Waals surface area contributed by atoms with Crippen molar-refractivity contribution >= 4 is 39.5 Å². The molecule has 1 amide bonds. The van der Waals surface area contributed by atoms with E-state index >= 15 is 0 Å². The highest BCUT2D eigenvalue weighted by Gasteiger charge is 2.33. The third-order valence-corrected chi connectivity index (χ3v) is 8.05. The van der Waals surface area contributed by atoms with Crippen molar-refractivity contribution in [3.05, 3.63) is 82.7 Å². The van der Waals surface area contributed by atoms with Gasteiger partial charge in [0.15, 0.2) is 0 Å².